The molecule has 23 heavy (non-hydrogen) atoms. The Kier molecular flexibility index (Phi) is 4.32. The minimum atomic E-state index is -0.812. The summed E-state index contributed by atoms with van der Waals surface area (Å²) < 4.78 is 18.7. The van der Waals surface area contributed by atoms with E-state index in [9.17, 15) is 14.0 Å². The van der Waals surface area contributed by atoms with Crippen molar-refractivity contribution in [2.45, 2.75) is 25.7 Å². The van der Waals surface area contributed by atoms with E-state index in [1.54, 1.807) is 11.0 Å². The van der Waals surface area contributed by atoms with Crippen molar-refractivity contribution in [2.75, 3.05) is 13.1 Å². The van der Waals surface area contributed by atoms with Crippen LogP contribution in [0.2, 0.25) is 0 Å². The number of carbonyl (C=O) groups excluding carboxylic acids is 1. The Morgan fingerprint density at radius 3 is 2.96 bits per heavy atom. The third kappa shape index (κ3) is 3.52. The first-order valence-corrected chi connectivity index (χ1v) is 7.73. The van der Waals surface area contributed by atoms with Crippen LogP contribution in [0.15, 0.2) is 28.7 Å². The number of furan rings is 1. The zero-order chi connectivity index (χ0) is 16.4. The summed E-state index contributed by atoms with van der Waals surface area (Å²) in [6.07, 6.45) is 2.48. The zero-order valence-electron chi connectivity index (χ0n) is 12.6. The number of fused-ring (bicyclic) bond motifs is 1. The second kappa shape index (κ2) is 6.40. The molecule has 1 amide bonds. The number of halogens is 1. The minimum Gasteiger partial charge on any atom is -0.481 e. The van der Waals surface area contributed by atoms with Crippen molar-refractivity contribution in [3.05, 3.63) is 35.8 Å². The summed E-state index contributed by atoms with van der Waals surface area (Å²) in [6.45, 7) is 1.17. The standard InChI is InChI=1S/C17H18FNO4/c18-13-4-5-14-12(8-13)9-15(23-14)17(22)19-7-1-2-11(10-19)3-6-16(20)21/h4-5,8-9,11H,1-3,6-7,10H2,(H,20,21)/t11-/m1/s1. The van der Waals surface area contributed by atoms with Crippen molar-refractivity contribution >= 4 is 22.8 Å². The highest BCUT2D eigenvalue weighted by Crippen LogP contribution is 2.25. The molecule has 1 fully saturated rings. The fourth-order valence-electron chi connectivity index (χ4n) is 3.09. The predicted octanol–water partition coefficient (Wildman–Crippen LogP) is 3.29. The largest absolute Gasteiger partial charge is 0.481 e. The summed E-state index contributed by atoms with van der Waals surface area (Å²) in [4.78, 5) is 24.9. The van der Waals surface area contributed by atoms with Gasteiger partial charge in [0.05, 0.1) is 0 Å². The van der Waals surface area contributed by atoms with Crippen molar-refractivity contribution in [3.8, 4) is 0 Å². The summed E-state index contributed by atoms with van der Waals surface area (Å²) in [7, 11) is 0. The summed E-state index contributed by atoms with van der Waals surface area (Å²) in [5.74, 6) is -1.01. The van der Waals surface area contributed by atoms with E-state index in [1.807, 2.05) is 0 Å². The Hall–Kier alpha value is -2.37. The molecule has 2 aromatic rings. The van der Waals surface area contributed by atoms with E-state index in [4.69, 9.17) is 9.52 Å². The molecule has 1 aliphatic rings. The van der Waals surface area contributed by atoms with E-state index < -0.39 is 5.97 Å². The SMILES string of the molecule is O=C(O)CC[C@H]1CCCN(C(=O)c2cc3cc(F)ccc3o2)C1. The van der Waals surface area contributed by atoms with Gasteiger partial charge >= 0.3 is 5.97 Å². The molecule has 0 saturated carbocycles. The molecular weight excluding hydrogens is 301 g/mol. The second-order valence-corrected chi connectivity index (χ2v) is 5.98. The van der Waals surface area contributed by atoms with Crippen molar-refractivity contribution in [1.82, 2.24) is 4.90 Å². The van der Waals surface area contributed by atoms with Gasteiger partial charge in [0, 0.05) is 24.9 Å². The van der Waals surface area contributed by atoms with E-state index in [0.29, 0.717) is 30.5 Å². The Morgan fingerprint density at radius 2 is 2.17 bits per heavy atom. The number of amides is 1. The van der Waals surface area contributed by atoms with Gasteiger partial charge in [-0.2, -0.15) is 0 Å². The van der Waals surface area contributed by atoms with Gasteiger partial charge in [-0.1, -0.05) is 0 Å². The number of hydrogen-bond acceptors (Lipinski definition) is 3. The summed E-state index contributed by atoms with van der Waals surface area (Å²) in [5, 5.41) is 9.34. The van der Waals surface area contributed by atoms with Gasteiger partial charge in [0.25, 0.3) is 5.91 Å². The van der Waals surface area contributed by atoms with Crippen LogP contribution in [0.1, 0.15) is 36.2 Å². The van der Waals surface area contributed by atoms with Crippen molar-refractivity contribution in [3.63, 3.8) is 0 Å². The van der Waals surface area contributed by atoms with Crippen LogP contribution in [-0.4, -0.2) is 35.0 Å². The van der Waals surface area contributed by atoms with E-state index in [1.165, 1.54) is 18.2 Å². The van der Waals surface area contributed by atoms with Crippen LogP contribution in [-0.2, 0) is 4.79 Å². The number of carboxylic acid groups (broad SMARTS) is 1. The van der Waals surface area contributed by atoms with Gasteiger partial charge in [0.1, 0.15) is 11.4 Å². The maximum absolute atomic E-state index is 13.2. The number of likely N-dealkylation sites (tertiary alicyclic amines) is 1. The smallest absolute Gasteiger partial charge is 0.303 e. The molecular formula is C17H18FNO4. The number of rotatable bonds is 4. The molecule has 0 spiro atoms. The third-order valence-electron chi connectivity index (χ3n) is 4.26. The van der Waals surface area contributed by atoms with Gasteiger partial charge in [-0.3, -0.25) is 9.59 Å². The van der Waals surface area contributed by atoms with Gasteiger partial charge in [0.15, 0.2) is 5.76 Å². The topological polar surface area (TPSA) is 70.8 Å². The molecule has 1 N–H and O–H groups in total. The van der Waals surface area contributed by atoms with Crippen molar-refractivity contribution in [1.29, 1.82) is 0 Å². The molecule has 0 unspecified atom stereocenters. The number of benzene rings is 1. The molecule has 0 radical (unpaired) electrons. The average molecular weight is 319 g/mol. The van der Waals surface area contributed by atoms with Crippen LogP contribution >= 0.6 is 0 Å². The number of nitrogens with zero attached hydrogens (tertiary/aromatic N) is 1. The molecule has 1 aromatic heterocycles. The zero-order valence-corrected chi connectivity index (χ0v) is 12.6. The lowest BCUT2D eigenvalue weighted by atomic mass is 9.93. The molecule has 3 rings (SSSR count). The van der Waals surface area contributed by atoms with E-state index in [-0.39, 0.29) is 29.8 Å². The van der Waals surface area contributed by atoms with Crippen molar-refractivity contribution in [2.24, 2.45) is 5.92 Å². The molecule has 1 aliphatic heterocycles. The Balaban J connectivity index is 1.71. The summed E-state index contributed by atoms with van der Waals surface area (Å²) >= 11 is 0. The number of piperidine rings is 1. The van der Waals surface area contributed by atoms with Crippen LogP contribution in [0, 0.1) is 11.7 Å². The van der Waals surface area contributed by atoms with Gasteiger partial charge in [-0.05, 0) is 49.4 Å². The van der Waals surface area contributed by atoms with Crippen LogP contribution in [0.5, 0.6) is 0 Å². The predicted molar refractivity (Wildman–Crippen MR) is 81.7 cm³/mol. The number of hydrogen-bond donors (Lipinski definition) is 1. The molecule has 6 heteroatoms. The average Bonchev–Trinajstić information content (AvgIpc) is 2.95. The lowest BCUT2D eigenvalue weighted by Gasteiger charge is -2.32. The van der Waals surface area contributed by atoms with Crippen LogP contribution in [0.25, 0.3) is 11.0 Å². The van der Waals surface area contributed by atoms with Gasteiger partial charge in [-0.25, -0.2) is 4.39 Å². The van der Waals surface area contributed by atoms with E-state index >= 15 is 0 Å². The molecule has 2 heterocycles. The van der Waals surface area contributed by atoms with E-state index in [0.717, 1.165) is 12.8 Å². The molecule has 122 valence electrons. The Labute approximate surface area is 132 Å². The van der Waals surface area contributed by atoms with Crippen LogP contribution in [0.4, 0.5) is 4.39 Å². The Bertz CT molecular complexity index is 739. The molecule has 1 saturated heterocycles. The molecule has 5 nitrogen and oxygen atoms in total. The maximum atomic E-state index is 13.2. The Morgan fingerprint density at radius 1 is 1.35 bits per heavy atom. The second-order valence-electron chi connectivity index (χ2n) is 5.98. The first kappa shape index (κ1) is 15.5. The third-order valence-corrected chi connectivity index (χ3v) is 4.26. The van der Waals surface area contributed by atoms with Gasteiger partial charge in [-0.15, -0.1) is 0 Å². The molecule has 1 atom stereocenters. The normalized spacial score (nSPS) is 18.3. The lowest BCUT2D eigenvalue weighted by molar-refractivity contribution is -0.137. The van der Waals surface area contributed by atoms with Crippen LogP contribution < -0.4 is 0 Å². The fourth-order valence-corrected chi connectivity index (χ4v) is 3.09. The highest BCUT2D eigenvalue weighted by atomic mass is 19.1. The first-order chi connectivity index (χ1) is 11.0. The van der Waals surface area contributed by atoms with Gasteiger partial charge < -0.3 is 14.4 Å². The summed E-state index contributed by atoms with van der Waals surface area (Å²) in [5.41, 5.74) is 0.481. The maximum Gasteiger partial charge on any atom is 0.303 e. The number of carbonyl (C=O) groups is 2. The molecule has 0 bridgehead atoms. The molecule has 1 aromatic carbocycles. The van der Waals surface area contributed by atoms with Crippen molar-refractivity contribution < 1.29 is 23.5 Å². The highest BCUT2D eigenvalue weighted by Gasteiger charge is 2.26. The lowest BCUT2D eigenvalue weighted by Crippen LogP contribution is -2.39. The fraction of sp³-hybridized carbons (Fsp3) is 0.412. The minimum absolute atomic E-state index is 0.122. The number of aliphatic carboxylic acids is 1. The quantitative estimate of drug-likeness (QED) is 0.938. The van der Waals surface area contributed by atoms with Gasteiger partial charge in [0.2, 0.25) is 0 Å². The summed E-state index contributed by atoms with van der Waals surface area (Å²) in [6, 6.07) is 5.69. The van der Waals surface area contributed by atoms with Crippen LogP contribution in [0.3, 0.4) is 0 Å². The first-order valence-electron chi connectivity index (χ1n) is 7.73. The number of carboxylic acids is 1. The molecule has 0 aliphatic carbocycles. The van der Waals surface area contributed by atoms with E-state index in [2.05, 4.69) is 0 Å². The highest BCUT2D eigenvalue weighted by molar-refractivity contribution is 5.96. The monoisotopic (exact) mass is 319 g/mol.